The second-order valence-corrected chi connectivity index (χ2v) is 6.47. The van der Waals surface area contributed by atoms with Crippen LogP contribution in [-0.2, 0) is 0 Å². The number of fused-ring (bicyclic) bond motifs is 3. The maximum atomic E-state index is 6.03. The van der Waals surface area contributed by atoms with Crippen LogP contribution in [0.3, 0.4) is 0 Å². The Kier molecular flexibility index (Phi) is 3.36. The molecule has 0 fully saturated rings. The summed E-state index contributed by atoms with van der Waals surface area (Å²) in [5, 5.41) is 2.23. The highest BCUT2D eigenvalue weighted by molar-refractivity contribution is 6.07. The fraction of sp³-hybridized carbons (Fsp3) is 0.0417. The topological polar surface area (TPSA) is 26.0 Å². The van der Waals surface area contributed by atoms with Crippen molar-refractivity contribution in [2.24, 2.45) is 0 Å². The van der Waals surface area contributed by atoms with E-state index in [9.17, 15) is 0 Å². The van der Waals surface area contributed by atoms with Crippen molar-refractivity contribution >= 4 is 21.9 Å². The summed E-state index contributed by atoms with van der Waals surface area (Å²) in [6.07, 6.45) is 1.84. The second-order valence-electron chi connectivity index (χ2n) is 6.47. The first-order valence-electron chi connectivity index (χ1n) is 8.65. The molecule has 0 atom stereocenters. The highest BCUT2D eigenvalue weighted by atomic mass is 16.3. The van der Waals surface area contributed by atoms with Crippen molar-refractivity contribution in [3.05, 3.63) is 90.6 Å². The van der Waals surface area contributed by atoms with E-state index >= 15 is 0 Å². The van der Waals surface area contributed by atoms with Gasteiger partial charge in [0.25, 0.3) is 0 Å². The van der Waals surface area contributed by atoms with Crippen LogP contribution in [0.4, 0.5) is 0 Å². The predicted octanol–water partition coefficient (Wildman–Crippen LogP) is 6.42. The van der Waals surface area contributed by atoms with Crippen LogP contribution in [0.1, 0.15) is 5.56 Å². The van der Waals surface area contributed by atoms with Crippen molar-refractivity contribution in [2.75, 3.05) is 0 Å². The van der Waals surface area contributed by atoms with Gasteiger partial charge in [-0.05, 0) is 66.1 Å². The van der Waals surface area contributed by atoms with Crippen molar-refractivity contribution < 1.29 is 4.42 Å². The lowest BCUT2D eigenvalue weighted by molar-refractivity contribution is 0.669. The summed E-state index contributed by atoms with van der Waals surface area (Å²) in [6, 6.07) is 28.0. The third-order valence-electron chi connectivity index (χ3n) is 4.77. The monoisotopic (exact) mass is 334 g/mol. The molecule has 0 unspecified atom stereocenters. The van der Waals surface area contributed by atoms with Crippen molar-refractivity contribution in [1.29, 1.82) is 0 Å². The summed E-state index contributed by atoms with van der Waals surface area (Å²) < 4.78 is 6.03. The van der Waals surface area contributed by atoms with Crippen LogP contribution < -0.4 is 0 Å². The maximum Gasteiger partial charge on any atom is 0.135 e. The van der Waals surface area contributed by atoms with Crippen LogP contribution in [0.15, 0.2) is 83.4 Å². The highest BCUT2D eigenvalue weighted by Gasteiger charge is 2.11. The fourth-order valence-corrected chi connectivity index (χ4v) is 3.45. The molecule has 2 heteroatoms. The van der Waals surface area contributed by atoms with E-state index in [-0.39, 0.29) is 0 Å². The molecule has 0 spiro atoms. The lowest BCUT2D eigenvalue weighted by Gasteiger charge is -2.04. The number of furan rings is 1. The van der Waals surface area contributed by atoms with Gasteiger partial charge in [0.2, 0.25) is 0 Å². The normalized spacial score (nSPS) is 11.3. The average molecular weight is 334 g/mol. The van der Waals surface area contributed by atoms with Crippen LogP contribution in [0.25, 0.3) is 44.3 Å². The van der Waals surface area contributed by atoms with E-state index in [4.69, 9.17) is 4.42 Å². The minimum Gasteiger partial charge on any atom is -0.456 e. The molecule has 2 heterocycles. The Hall–Kier alpha value is -3.39. The van der Waals surface area contributed by atoms with E-state index in [1.165, 1.54) is 5.56 Å². The Bertz CT molecular complexity index is 1240. The molecule has 0 N–H and O–H groups in total. The molecule has 0 bridgehead atoms. The summed E-state index contributed by atoms with van der Waals surface area (Å²) in [4.78, 5) is 4.55. The van der Waals surface area contributed by atoms with Crippen LogP contribution in [0.5, 0.6) is 0 Å². The zero-order valence-electron chi connectivity index (χ0n) is 14.4. The van der Waals surface area contributed by atoms with Crippen LogP contribution in [-0.4, -0.2) is 4.98 Å². The van der Waals surface area contributed by atoms with Gasteiger partial charge in [0.15, 0.2) is 0 Å². The summed E-state index contributed by atoms with van der Waals surface area (Å²) in [6.45, 7) is 2.09. The Morgan fingerprint density at radius 2 is 1.58 bits per heavy atom. The van der Waals surface area contributed by atoms with Crippen molar-refractivity contribution in [3.63, 3.8) is 0 Å². The second kappa shape index (κ2) is 5.85. The van der Waals surface area contributed by atoms with Crippen LogP contribution in [0, 0.1) is 13.0 Å². The average Bonchev–Trinajstić information content (AvgIpc) is 3.06. The van der Waals surface area contributed by atoms with Gasteiger partial charge in [0.05, 0.1) is 5.69 Å². The largest absolute Gasteiger partial charge is 0.456 e. The Balaban J connectivity index is 1.74. The van der Waals surface area contributed by atoms with Crippen LogP contribution >= 0.6 is 0 Å². The Morgan fingerprint density at radius 1 is 0.808 bits per heavy atom. The minimum atomic E-state index is 0.895. The molecule has 0 amide bonds. The molecule has 0 saturated carbocycles. The zero-order valence-corrected chi connectivity index (χ0v) is 14.4. The summed E-state index contributed by atoms with van der Waals surface area (Å²) >= 11 is 0. The maximum absolute atomic E-state index is 6.03. The highest BCUT2D eigenvalue weighted by Crippen LogP contribution is 2.34. The molecule has 123 valence electrons. The molecule has 5 aromatic rings. The van der Waals surface area contributed by atoms with Gasteiger partial charge in [-0.2, -0.15) is 0 Å². The summed E-state index contributed by atoms with van der Waals surface area (Å²) in [7, 11) is 0. The first kappa shape index (κ1) is 14.9. The van der Waals surface area contributed by atoms with Gasteiger partial charge < -0.3 is 4.42 Å². The zero-order chi connectivity index (χ0) is 17.5. The number of benzene rings is 3. The van der Waals surface area contributed by atoms with Gasteiger partial charge in [0, 0.05) is 22.5 Å². The summed E-state index contributed by atoms with van der Waals surface area (Å²) in [5.41, 5.74) is 7.30. The lowest BCUT2D eigenvalue weighted by Crippen LogP contribution is -1.86. The van der Waals surface area contributed by atoms with E-state index in [1.54, 1.807) is 0 Å². The molecular weight excluding hydrogens is 318 g/mol. The predicted molar refractivity (Wildman–Crippen MR) is 106 cm³/mol. The molecule has 5 rings (SSSR count). The molecular formula is C24H16NO. The number of aryl methyl sites for hydroxylation is 1. The molecule has 0 aliphatic rings. The number of pyridine rings is 1. The Morgan fingerprint density at radius 3 is 2.31 bits per heavy atom. The first-order valence-corrected chi connectivity index (χ1v) is 8.65. The smallest absolute Gasteiger partial charge is 0.135 e. The van der Waals surface area contributed by atoms with Gasteiger partial charge in [-0.25, -0.2) is 0 Å². The van der Waals surface area contributed by atoms with Crippen molar-refractivity contribution in [2.45, 2.75) is 6.92 Å². The molecule has 2 nitrogen and oxygen atoms in total. The molecule has 0 aliphatic heterocycles. The van der Waals surface area contributed by atoms with Gasteiger partial charge in [-0.15, -0.1) is 0 Å². The van der Waals surface area contributed by atoms with E-state index < -0.39 is 0 Å². The lowest BCUT2D eigenvalue weighted by atomic mass is 10.0. The van der Waals surface area contributed by atoms with Crippen molar-refractivity contribution in [3.8, 4) is 22.4 Å². The third-order valence-corrected chi connectivity index (χ3v) is 4.77. The van der Waals surface area contributed by atoms with Gasteiger partial charge >= 0.3 is 0 Å². The molecule has 0 saturated heterocycles. The summed E-state index contributed by atoms with van der Waals surface area (Å²) in [5.74, 6) is 0. The SMILES string of the molecule is Cc1cccnc1-c1ccc2oc3ccc(-c4[c]cccc4)cc3c2c1. The number of nitrogens with zero attached hydrogens (tertiary/aromatic N) is 1. The molecule has 3 aromatic carbocycles. The third kappa shape index (κ3) is 2.39. The Labute approximate surface area is 151 Å². The van der Waals surface area contributed by atoms with Gasteiger partial charge in [-0.3, -0.25) is 4.98 Å². The number of aromatic nitrogens is 1. The first-order chi connectivity index (χ1) is 12.8. The standard InChI is InChI=1S/C24H16NO/c1-16-6-5-13-25-24(16)19-10-12-23-21(15-19)20-14-18(9-11-22(20)26-23)17-7-3-2-4-8-17/h2-7,9-15H,1H3. The van der Waals surface area contributed by atoms with Gasteiger partial charge in [0.1, 0.15) is 11.2 Å². The quantitative estimate of drug-likeness (QED) is 0.372. The number of hydrogen-bond donors (Lipinski definition) is 0. The number of rotatable bonds is 2. The van der Waals surface area contributed by atoms with E-state index in [0.717, 1.165) is 44.3 Å². The fourth-order valence-electron chi connectivity index (χ4n) is 3.45. The van der Waals surface area contributed by atoms with Crippen molar-refractivity contribution in [1.82, 2.24) is 4.98 Å². The minimum absolute atomic E-state index is 0.895. The molecule has 0 aliphatic carbocycles. The molecule has 26 heavy (non-hydrogen) atoms. The van der Waals surface area contributed by atoms with E-state index in [2.05, 4.69) is 54.4 Å². The van der Waals surface area contributed by atoms with E-state index in [0.29, 0.717) is 0 Å². The van der Waals surface area contributed by atoms with Crippen LogP contribution in [0.2, 0.25) is 0 Å². The number of hydrogen-bond acceptors (Lipinski definition) is 2. The van der Waals surface area contributed by atoms with Gasteiger partial charge in [-0.1, -0.05) is 36.4 Å². The van der Waals surface area contributed by atoms with E-state index in [1.807, 2.05) is 42.6 Å². The molecule has 2 aromatic heterocycles. The molecule has 1 radical (unpaired) electrons.